The van der Waals surface area contributed by atoms with Gasteiger partial charge in [0, 0.05) is 11.5 Å². The van der Waals surface area contributed by atoms with Gasteiger partial charge in [-0.05, 0) is 31.2 Å². The average molecular weight is 444 g/mol. The second-order valence-electron chi connectivity index (χ2n) is 5.58. The highest BCUT2D eigenvalue weighted by atomic mass is 79.9. The summed E-state index contributed by atoms with van der Waals surface area (Å²) in [5.41, 5.74) is -1.94. The zero-order chi connectivity index (χ0) is 19.8. The molecule has 0 aliphatic rings. The first-order valence-corrected chi connectivity index (χ1v) is 8.39. The van der Waals surface area contributed by atoms with Crippen molar-refractivity contribution < 1.29 is 18.0 Å². The van der Waals surface area contributed by atoms with Gasteiger partial charge in [0.15, 0.2) is 17.2 Å². The Labute approximate surface area is 159 Å². The predicted molar refractivity (Wildman–Crippen MR) is 91.0 cm³/mol. The number of aryl methyl sites for hydroxylation is 1. The van der Waals surface area contributed by atoms with Crippen molar-refractivity contribution in [3.05, 3.63) is 51.8 Å². The van der Waals surface area contributed by atoms with Crippen molar-refractivity contribution in [1.29, 1.82) is 0 Å². The summed E-state index contributed by atoms with van der Waals surface area (Å²) < 4.78 is 43.6. The Morgan fingerprint density at radius 1 is 1.19 bits per heavy atom. The summed E-state index contributed by atoms with van der Waals surface area (Å²) in [5.74, 6) is -0.00235. The molecule has 2 heterocycles. The lowest BCUT2D eigenvalue weighted by atomic mass is 10.2. The van der Waals surface area contributed by atoms with E-state index in [1.165, 1.54) is 12.1 Å². The summed E-state index contributed by atoms with van der Waals surface area (Å²) in [4.78, 5) is 12.3. The maximum absolute atomic E-state index is 13.6. The Bertz CT molecular complexity index is 978. The second-order valence-corrected chi connectivity index (χ2v) is 6.49. The highest BCUT2D eigenvalue weighted by Crippen LogP contribution is 2.33. The fourth-order valence-electron chi connectivity index (χ4n) is 2.30. The number of benzene rings is 1. The van der Waals surface area contributed by atoms with Gasteiger partial charge in [-0.1, -0.05) is 21.1 Å². The van der Waals surface area contributed by atoms with E-state index >= 15 is 0 Å². The number of carbonyl (C=O) groups is 1. The van der Waals surface area contributed by atoms with Crippen molar-refractivity contribution in [2.24, 2.45) is 7.05 Å². The molecule has 1 amide bonds. The molecule has 142 valence electrons. The number of carbonyl (C=O) groups excluding carboxylic acids is 1. The third-order valence-electron chi connectivity index (χ3n) is 3.81. The molecule has 3 rings (SSSR count). The Kier molecular flexibility index (Phi) is 5.00. The fraction of sp³-hybridized carbons (Fsp3) is 0.267. The minimum atomic E-state index is -4.83. The lowest BCUT2D eigenvalue weighted by Crippen LogP contribution is -2.28. The van der Waals surface area contributed by atoms with Crippen LogP contribution >= 0.6 is 15.9 Å². The van der Waals surface area contributed by atoms with E-state index in [-0.39, 0.29) is 12.2 Å². The second kappa shape index (κ2) is 7.10. The number of amides is 1. The highest BCUT2D eigenvalue weighted by Gasteiger charge is 2.42. The molecule has 0 radical (unpaired) electrons. The van der Waals surface area contributed by atoms with Crippen molar-refractivity contribution in [2.45, 2.75) is 19.6 Å². The number of halogens is 4. The Morgan fingerprint density at radius 2 is 1.85 bits per heavy atom. The van der Waals surface area contributed by atoms with E-state index in [9.17, 15) is 18.0 Å². The molecule has 27 heavy (non-hydrogen) atoms. The molecule has 0 aliphatic heterocycles. The smallest absolute Gasteiger partial charge is 0.343 e. The molecule has 12 heteroatoms. The maximum atomic E-state index is 13.6. The number of hydrogen-bond donors (Lipinski definition) is 1. The zero-order valence-electron chi connectivity index (χ0n) is 14.1. The third kappa shape index (κ3) is 3.84. The van der Waals surface area contributed by atoms with Crippen molar-refractivity contribution in [1.82, 2.24) is 35.1 Å². The van der Waals surface area contributed by atoms with Gasteiger partial charge in [0.25, 0.3) is 5.91 Å². The summed E-state index contributed by atoms with van der Waals surface area (Å²) in [7, 11) is 1.68. The molecule has 0 fully saturated rings. The zero-order valence-corrected chi connectivity index (χ0v) is 15.7. The molecule has 0 bridgehead atoms. The first-order valence-electron chi connectivity index (χ1n) is 7.60. The van der Waals surface area contributed by atoms with Gasteiger partial charge in [-0.3, -0.25) is 4.79 Å². The first kappa shape index (κ1) is 19.0. The van der Waals surface area contributed by atoms with E-state index in [4.69, 9.17) is 0 Å². The van der Waals surface area contributed by atoms with E-state index in [2.05, 4.69) is 41.8 Å². The number of nitrogens with one attached hydrogen (secondary N) is 1. The van der Waals surface area contributed by atoms with Crippen molar-refractivity contribution in [3.8, 4) is 5.69 Å². The monoisotopic (exact) mass is 443 g/mol. The number of rotatable bonds is 4. The van der Waals surface area contributed by atoms with Crippen LogP contribution in [0, 0.1) is 6.92 Å². The lowest BCUT2D eigenvalue weighted by molar-refractivity contribution is -0.143. The molecule has 8 nitrogen and oxygen atoms in total. The molecule has 0 saturated carbocycles. The molecular formula is C15H13BrF3N7O. The van der Waals surface area contributed by atoms with Gasteiger partial charge < -0.3 is 9.88 Å². The van der Waals surface area contributed by atoms with E-state index in [1.807, 2.05) is 0 Å². The van der Waals surface area contributed by atoms with E-state index in [1.54, 1.807) is 30.7 Å². The summed E-state index contributed by atoms with van der Waals surface area (Å²) in [5, 5.41) is 17.0. The number of alkyl halides is 3. The van der Waals surface area contributed by atoms with Crippen molar-refractivity contribution in [2.75, 3.05) is 0 Å². The van der Waals surface area contributed by atoms with Gasteiger partial charge in [-0.15, -0.1) is 15.3 Å². The Hall–Kier alpha value is -2.76. The van der Waals surface area contributed by atoms with Gasteiger partial charge >= 0.3 is 6.18 Å². The first-order chi connectivity index (χ1) is 12.7. The van der Waals surface area contributed by atoms with Crippen LogP contribution in [-0.2, 0) is 19.8 Å². The topological polar surface area (TPSA) is 90.5 Å². The standard InChI is InChI=1S/C15H13BrF3N7O/c1-8-21-22-11(25(8)2)7-20-14(27)12-13(15(17,18)19)26(24-23-12)10-5-3-9(16)4-6-10/h3-6H,7H2,1-2H3,(H,20,27). The van der Waals surface area contributed by atoms with Gasteiger partial charge in [0.2, 0.25) is 0 Å². The van der Waals surface area contributed by atoms with Crippen LogP contribution in [0.15, 0.2) is 28.7 Å². The van der Waals surface area contributed by atoms with Gasteiger partial charge in [-0.2, -0.15) is 13.2 Å². The fourth-order valence-corrected chi connectivity index (χ4v) is 2.56. The largest absolute Gasteiger partial charge is 0.435 e. The lowest BCUT2D eigenvalue weighted by Gasteiger charge is -2.11. The minimum absolute atomic E-state index is 0.0986. The summed E-state index contributed by atoms with van der Waals surface area (Å²) in [6.45, 7) is 1.61. The van der Waals surface area contributed by atoms with Crippen LogP contribution in [-0.4, -0.2) is 35.7 Å². The van der Waals surface area contributed by atoms with Gasteiger partial charge in [0.1, 0.15) is 5.82 Å². The SMILES string of the molecule is Cc1nnc(CNC(=O)c2nnn(-c3ccc(Br)cc3)c2C(F)(F)F)n1C. The van der Waals surface area contributed by atoms with Crippen LogP contribution in [0.1, 0.15) is 27.8 Å². The quantitative estimate of drug-likeness (QED) is 0.668. The molecular weight excluding hydrogens is 431 g/mol. The highest BCUT2D eigenvalue weighted by molar-refractivity contribution is 9.10. The molecule has 3 aromatic rings. The van der Waals surface area contributed by atoms with Crippen LogP contribution in [0.5, 0.6) is 0 Å². The molecule has 2 aromatic heterocycles. The Balaban J connectivity index is 1.92. The van der Waals surface area contributed by atoms with E-state index in [0.29, 0.717) is 20.8 Å². The van der Waals surface area contributed by atoms with Gasteiger partial charge in [-0.25, -0.2) is 4.68 Å². The number of aromatic nitrogens is 6. The van der Waals surface area contributed by atoms with Gasteiger partial charge in [0.05, 0.1) is 12.2 Å². The molecule has 1 N–H and O–H groups in total. The van der Waals surface area contributed by atoms with Crippen LogP contribution < -0.4 is 5.32 Å². The van der Waals surface area contributed by atoms with Crippen molar-refractivity contribution in [3.63, 3.8) is 0 Å². The van der Waals surface area contributed by atoms with Crippen LogP contribution in [0.3, 0.4) is 0 Å². The van der Waals surface area contributed by atoms with Crippen LogP contribution in [0.25, 0.3) is 5.69 Å². The van der Waals surface area contributed by atoms with E-state index < -0.39 is 23.5 Å². The molecule has 0 aliphatic carbocycles. The predicted octanol–water partition coefficient (Wildman–Crippen LogP) is 2.42. The van der Waals surface area contributed by atoms with Crippen LogP contribution in [0.4, 0.5) is 13.2 Å². The minimum Gasteiger partial charge on any atom is -0.343 e. The summed E-state index contributed by atoms with van der Waals surface area (Å²) >= 11 is 3.21. The van der Waals surface area contributed by atoms with E-state index in [0.717, 1.165) is 0 Å². The number of hydrogen-bond acceptors (Lipinski definition) is 5. The molecule has 0 spiro atoms. The average Bonchev–Trinajstić information content (AvgIpc) is 3.19. The number of nitrogens with zero attached hydrogens (tertiary/aromatic N) is 6. The van der Waals surface area contributed by atoms with Crippen molar-refractivity contribution >= 4 is 21.8 Å². The molecule has 0 saturated heterocycles. The van der Waals surface area contributed by atoms with Crippen LogP contribution in [0.2, 0.25) is 0 Å². The molecule has 1 aromatic carbocycles. The normalized spacial score (nSPS) is 11.6. The Morgan fingerprint density at radius 3 is 2.41 bits per heavy atom. The maximum Gasteiger partial charge on any atom is 0.435 e. The third-order valence-corrected chi connectivity index (χ3v) is 4.34. The molecule has 0 unspecified atom stereocenters. The summed E-state index contributed by atoms with van der Waals surface area (Å²) in [6.07, 6.45) is -4.83. The molecule has 0 atom stereocenters. The summed E-state index contributed by atoms with van der Waals surface area (Å²) in [6, 6.07) is 5.98.